The van der Waals surface area contributed by atoms with Crippen LogP contribution >= 0.6 is 11.6 Å². The topological polar surface area (TPSA) is 44.8 Å². The first-order chi connectivity index (χ1) is 6.13. The number of ether oxygens (including phenoxy) is 3. The van der Waals surface area contributed by atoms with Gasteiger partial charge in [-0.05, 0) is 13.8 Å². The Morgan fingerprint density at radius 2 is 2.23 bits per heavy atom. The molecule has 0 radical (unpaired) electrons. The smallest absolute Gasteiger partial charge is 0.323 e. The van der Waals surface area contributed by atoms with Crippen molar-refractivity contribution in [2.24, 2.45) is 0 Å². The molecule has 4 nitrogen and oxygen atoms in total. The number of rotatable bonds is 2. The molecule has 76 valence electrons. The summed E-state index contributed by atoms with van der Waals surface area (Å²) >= 11 is 5.27. The average Bonchev–Trinajstić information content (AvgIpc) is 2.11. The minimum absolute atomic E-state index is 0.0333. The van der Waals surface area contributed by atoms with Crippen molar-refractivity contribution >= 4 is 17.6 Å². The van der Waals surface area contributed by atoms with Crippen LogP contribution in [0.3, 0.4) is 0 Å². The second-order valence-electron chi connectivity index (χ2n) is 2.93. The first kappa shape index (κ1) is 10.8. The lowest BCUT2D eigenvalue weighted by molar-refractivity contribution is -0.251. The monoisotopic (exact) mass is 208 g/mol. The van der Waals surface area contributed by atoms with Gasteiger partial charge in [-0.3, -0.25) is 4.79 Å². The van der Waals surface area contributed by atoms with Crippen molar-refractivity contribution < 1.29 is 19.0 Å². The van der Waals surface area contributed by atoms with Gasteiger partial charge in [0.15, 0.2) is 0 Å². The van der Waals surface area contributed by atoms with E-state index in [4.69, 9.17) is 25.8 Å². The predicted molar refractivity (Wildman–Crippen MR) is 46.6 cm³/mol. The molecule has 1 aliphatic heterocycles. The first-order valence-corrected chi connectivity index (χ1v) is 4.69. The zero-order chi connectivity index (χ0) is 9.84. The van der Waals surface area contributed by atoms with Crippen LogP contribution in [0.25, 0.3) is 0 Å². The minimum Gasteiger partial charge on any atom is -0.432 e. The summed E-state index contributed by atoms with van der Waals surface area (Å²) in [6, 6.07) is 0. The molecule has 13 heavy (non-hydrogen) atoms. The van der Waals surface area contributed by atoms with Crippen LogP contribution in [0.2, 0.25) is 0 Å². The van der Waals surface area contributed by atoms with E-state index < -0.39 is 12.3 Å². The second kappa shape index (κ2) is 4.79. The number of halogens is 1. The van der Waals surface area contributed by atoms with Crippen molar-refractivity contribution in [1.82, 2.24) is 0 Å². The Morgan fingerprint density at radius 3 is 2.77 bits per heavy atom. The van der Waals surface area contributed by atoms with Crippen LogP contribution in [0, 0.1) is 0 Å². The van der Waals surface area contributed by atoms with Gasteiger partial charge in [0, 0.05) is 0 Å². The van der Waals surface area contributed by atoms with Crippen molar-refractivity contribution in [3.63, 3.8) is 0 Å². The van der Waals surface area contributed by atoms with Crippen molar-refractivity contribution in [1.29, 1.82) is 0 Å². The second-order valence-corrected chi connectivity index (χ2v) is 3.20. The first-order valence-electron chi connectivity index (χ1n) is 4.16. The summed E-state index contributed by atoms with van der Waals surface area (Å²) in [7, 11) is 0. The van der Waals surface area contributed by atoms with E-state index in [1.165, 1.54) is 0 Å². The van der Waals surface area contributed by atoms with Crippen molar-refractivity contribution in [3.8, 4) is 0 Å². The zero-order valence-corrected chi connectivity index (χ0v) is 8.41. The molecule has 0 aromatic carbocycles. The van der Waals surface area contributed by atoms with Gasteiger partial charge >= 0.3 is 5.97 Å². The molecular weight excluding hydrogens is 196 g/mol. The quantitative estimate of drug-likeness (QED) is 0.500. The standard InChI is InChI=1S/C8H13ClO4/c1-5-6(2)12-8(4-11-5)13-7(10)3-9/h5-6,8H,3-4H2,1-2H3/t5-,6-,8+/m0/s1. The van der Waals surface area contributed by atoms with Crippen LogP contribution < -0.4 is 0 Å². The maximum atomic E-state index is 10.8. The van der Waals surface area contributed by atoms with Crippen LogP contribution in [0.5, 0.6) is 0 Å². The zero-order valence-electron chi connectivity index (χ0n) is 7.66. The lowest BCUT2D eigenvalue weighted by atomic mass is 10.2. The van der Waals surface area contributed by atoms with Crippen LogP contribution in [0.4, 0.5) is 0 Å². The van der Waals surface area contributed by atoms with E-state index in [1.54, 1.807) is 0 Å². The normalized spacial score (nSPS) is 34.2. The molecule has 0 aliphatic carbocycles. The Bertz CT molecular complexity index is 185. The maximum absolute atomic E-state index is 10.8. The van der Waals surface area contributed by atoms with E-state index in [2.05, 4.69) is 0 Å². The van der Waals surface area contributed by atoms with Crippen molar-refractivity contribution in [2.45, 2.75) is 32.3 Å². The summed E-state index contributed by atoms with van der Waals surface area (Å²) in [6.07, 6.45) is -0.648. The molecule has 0 spiro atoms. The number of carbonyl (C=O) groups excluding carboxylic acids is 1. The highest BCUT2D eigenvalue weighted by Crippen LogP contribution is 2.14. The molecule has 1 aliphatic rings. The van der Waals surface area contributed by atoms with E-state index in [-0.39, 0.29) is 24.7 Å². The SMILES string of the molecule is C[C@@H]1OC[C@@H](OC(=O)CCl)O[C@H]1C. The van der Waals surface area contributed by atoms with E-state index in [0.29, 0.717) is 0 Å². The molecule has 0 saturated carbocycles. The number of esters is 1. The van der Waals surface area contributed by atoms with Crippen molar-refractivity contribution in [2.75, 3.05) is 12.5 Å². The van der Waals surface area contributed by atoms with Gasteiger partial charge in [-0.15, -0.1) is 11.6 Å². The Labute approximate surface area is 82.1 Å². The molecule has 5 heteroatoms. The van der Waals surface area contributed by atoms with E-state index in [1.807, 2.05) is 13.8 Å². The Balaban J connectivity index is 2.33. The number of hydrogen-bond acceptors (Lipinski definition) is 4. The molecular formula is C8H13ClO4. The van der Waals surface area contributed by atoms with Gasteiger partial charge in [-0.25, -0.2) is 0 Å². The number of hydrogen-bond donors (Lipinski definition) is 0. The van der Waals surface area contributed by atoms with Gasteiger partial charge in [0.25, 0.3) is 0 Å². The molecule has 0 bridgehead atoms. The fourth-order valence-corrected chi connectivity index (χ4v) is 1.06. The molecule has 0 aromatic heterocycles. The fourth-order valence-electron chi connectivity index (χ4n) is 0.995. The highest BCUT2D eigenvalue weighted by Gasteiger charge is 2.27. The van der Waals surface area contributed by atoms with E-state index in [0.717, 1.165) is 0 Å². The van der Waals surface area contributed by atoms with Gasteiger partial charge in [0.1, 0.15) is 12.5 Å². The van der Waals surface area contributed by atoms with Gasteiger partial charge in [0.2, 0.25) is 6.29 Å². The molecule has 1 fully saturated rings. The summed E-state index contributed by atoms with van der Waals surface area (Å²) in [4.78, 5) is 10.8. The molecule has 0 N–H and O–H groups in total. The molecule has 3 atom stereocenters. The van der Waals surface area contributed by atoms with Gasteiger partial charge in [-0.2, -0.15) is 0 Å². The van der Waals surface area contributed by atoms with Crippen LogP contribution in [-0.2, 0) is 19.0 Å². The number of alkyl halides is 1. The minimum atomic E-state index is -0.613. The summed E-state index contributed by atoms with van der Waals surface area (Å²) in [6.45, 7) is 4.05. The molecule has 0 unspecified atom stereocenters. The lowest BCUT2D eigenvalue weighted by Crippen LogP contribution is -2.42. The molecule has 0 aromatic rings. The largest absolute Gasteiger partial charge is 0.432 e. The van der Waals surface area contributed by atoms with Crippen LogP contribution in [0.15, 0.2) is 0 Å². The molecule has 1 heterocycles. The van der Waals surface area contributed by atoms with Gasteiger partial charge in [0.05, 0.1) is 12.2 Å². The van der Waals surface area contributed by atoms with Crippen molar-refractivity contribution in [3.05, 3.63) is 0 Å². The van der Waals surface area contributed by atoms with Crippen LogP contribution in [-0.4, -0.2) is 37.0 Å². The highest BCUT2D eigenvalue weighted by atomic mass is 35.5. The third-order valence-electron chi connectivity index (χ3n) is 1.89. The van der Waals surface area contributed by atoms with Gasteiger partial charge in [-0.1, -0.05) is 0 Å². The third-order valence-corrected chi connectivity index (χ3v) is 2.11. The molecule has 0 amide bonds. The Morgan fingerprint density at radius 1 is 1.54 bits per heavy atom. The lowest BCUT2D eigenvalue weighted by Gasteiger charge is -2.32. The predicted octanol–water partition coefficient (Wildman–Crippen LogP) is 0.918. The Hall–Kier alpha value is -0.320. The molecule has 1 saturated heterocycles. The summed E-state index contributed by atoms with van der Waals surface area (Å²) in [5, 5.41) is 0. The maximum Gasteiger partial charge on any atom is 0.323 e. The highest BCUT2D eigenvalue weighted by molar-refractivity contribution is 6.26. The van der Waals surface area contributed by atoms with Crippen LogP contribution in [0.1, 0.15) is 13.8 Å². The van der Waals surface area contributed by atoms with Gasteiger partial charge < -0.3 is 14.2 Å². The summed E-state index contributed by atoms with van der Waals surface area (Å²) in [5.74, 6) is -0.652. The number of carbonyl (C=O) groups is 1. The van der Waals surface area contributed by atoms with E-state index >= 15 is 0 Å². The fraction of sp³-hybridized carbons (Fsp3) is 0.875. The third kappa shape index (κ3) is 3.14. The summed E-state index contributed by atoms with van der Waals surface area (Å²) in [5.41, 5.74) is 0. The van der Waals surface area contributed by atoms with E-state index in [9.17, 15) is 4.79 Å². The summed E-state index contributed by atoms with van der Waals surface area (Å²) < 4.78 is 15.5. The average molecular weight is 209 g/mol. The Kier molecular flexibility index (Phi) is 3.96. The molecule has 1 rings (SSSR count).